The maximum absolute atomic E-state index is 14.4. The van der Waals surface area contributed by atoms with Crippen molar-refractivity contribution in [3.63, 3.8) is 0 Å². The minimum absolute atomic E-state index is 0.0334. The summed E-state index contributed by atoms with van der Waals surface area (Å²) in [5.41, 5.74) is 1.52. The molecule has 3 aromatic carbocycles. The van der Waals surface area contributed by atoms with E-state index in [-0.39, 0.29) is 23.5 Å². The van der Waals surface area contributed by atoms with E-state index in [0.29, 0.717) is 11.1 Å². The number of carboxylic acid groups (broad SMARTS) is 1. The van der Waals surface area contributed by atoms with Crippen LogP contribution in [0.15, 0.2) is 60.7 Å². The zero-order valence-electron chi connectivity index (χ0n) is 14.6. The van der Waals surface area contributed by atoms with Gasteiger partial charge in [-0.25, -0.2) is 18.0 Å². The van der Waals surface area contributed by atoms with Crippen LogP contribution in [0.1, 0.15) is 5.56 Å². The number of aliphatic carboxylic acids is 1. The fourth-order valence-electron chi connectivity index (χ4n) is 2.65. The molecule has 0 aliphatic heterocycles. The molecule has 4 nitrogen and oxygen atoms in total. The van der Waals surface area contributed by atoms with Crippen molar-refractivity contribution in [2.24, 2.45) is 0 Å². The lowest BCUT2D eigenvalue weighted by Crippen LogP contribution is -2.11. The summed E-state index contributed by atoms with van der Waals surface area (Å²) in [7, 11) is 0. The third kappa shape index (κ3) is 4.62. The number of rotatable bonds is 7. The van der Waals surface area contributed by atoms with E-state index in [1.165, 1.54) is 42.5 Å². The Balaban J connectivity index is 1.78. The summed E-state index contributed by atoms with van der Waals surface area (Å²) in [6.07, 6.45) is 0. The molecule has 2 N–H and O–H groups in total. The molecule has 0 unspecified atom stereocenters. The molecule has 28 heavy (non-hydrogen) atoms. The molecule has 144 valence electrons. The average Bonchev–Trinajstić information content (AvgIpc) is 2.67. The number of anilines is 1. The van der Waals surface area contributed by atoms with E-state index in [9.17, 15) is 18.0 Å². The van der Waals surface area contributed by atoms with Crippen molar-refractivity contribution in [3.05, 3.63) is 83.7 Å². The predicted octanol–water partition coefficient (Wildman–Crippen LogP) is 4.85. The number of ether oxygens (including phenoxy) is 1. The van der Waals surface area contributed by atoms with E-state index in [4.69, 9.17) is 9.84 Å². The van der Waals surface area contributed by atoms with Crippen molar-refractivity contribution in [1.29, 1.82) is 0 Å². The second-order valence-corrected chi connectivity index (χ2v) is 5.97. The van der Waals surface area contributed by atoms with Gasteiger partial charge in [0.1, 0.15) is 11.6 Å². The highest BCUT2D eigenvalue weighted by molar-refractivity contribution is 5.68. The van der Waals surface area contributed by atoms with Gasteiger partial charge in [0.05, 0.1) is 5.69 Å². The monoisotopic (exact) mass is 387 g/mol. The van der Waals surface area contributed by atoms with Gasteiger partial charge in [0, 0.05) is 12.1 Å². The van der Waals surface area contributed by atoms with Crippen molar-refractivity contribution in [2.45, 2.75) is 6.54 Å². The van der Waals surface area contributed by atoms with Gasteiger partial charge in [-0.05, 0) is 47.5 Å². The zero-order chi connectivity index (χ0) is 20.1. The van der Waals surface area contributed by atoms with Crippen molar-refractivity contribution in [1.82, 2.24) is 0 Å². The lowest BCUT2D eigenvalue weighted by Gasteiger charge is -2.12. The summed E-state index contributed by atoms with van der Waals surface area (Å²) in [4.78, 5) is 10.6. The van der Waals surface area contributed by atoms with Gasteiger partial charge >= 0.3 is 5.97 Å². The number of carboxylic acids is 1. The molecule has 7 heteroatoms. The predicted molar refractivity (Wildman–Crippen MR) is 98.7 cm³/mol. The third-order valence-corrected chi connectivity index (χ3v) is 3.99. The van der Waals surface area contributed by atoms with E-state index in [2.05, 4.69) is 5.32 Å². The maximum Gasteiger partial charge on any atom is 0.341 e. The SMILES string of the molecule is O=C(O)COc1cccc(NCc2cc(-c3cccc(F)c3)ccc2F)c1F. The van der Waals surface area contributed by atoms with Crippen LogP contribution >= 0.6 is 0 Å². The minimum atomic E-state index is -1.23. The molecule has 0 bridgehead atoms. The van der Waals surface area contributed by atoms with Crippen LogP contribution < -0.4 is 10.1 Å². The molecule has 0 spiro atoms. The van der Waals surface area contributed by atoms with Gasteiger partial charge in [0.2, 0.25) is 0 Å². The lowest BCUT2D eigenvalue weighted by molar-refractivity contribution is -0.139. The van der Waals surface area contributed by atoms with E-state index < -0.39 is 30.0 Å². The molecule has 0 heterocycles. The zero-order valence-corrected chi connectivity index (χ0v) is 14.6. The van der Waals surface area contributed by atoms with Crippen LogP contribution in [0.3, 0.4) is 0 Å². The Kier molecular flexibility index (Phi) is 5.84. The van der Waals surface area contributed by atoms with E-state index in [0.717, 1.165) is 0 Å². The first-order valence-corrected chi connectivity index (χ1v) is 8.35. The Morgan fingerprint density at radius 2 is 1.71 bits per heavy atom. The molecular weight excluding hydrogens is 371 g/mol. The number of hydrogen-bond donors (Lipinski definition) is 2. The molecule has 0 aliphatic rings. The largest absolute Gasteiger partial charge is 0.479 e. The molecule has 3 aromatic rings. The number of benzene rings is 3. The highest BCUT2D eigenvalue weighted by atomic mass is 19.1. The number of carbonyl (C=O) groups is 1. The first kappa shape index (κ1) is 19.3. The molecule has 0 aromatic heterocycles. The molecule has 3 rings (SSSR count). The molecule has 0 amide bonds. The summed E-state index contributed by atoms with van der Waals surface area (Å²) < 4.78 is 46.9. The van der Waals surface area contributed by atoms with Gasteiger partial charge in [-0.2, -0.15) is 0 Å². The summed E-state index contributed by atoms with van der Waals surface area (Å²) in [5.74, 6) is -3.12. The highest BCUT2D eigenvalue weighted by Gasteiger charge is 2.12. The van der Waals surface area contributed by atoms with Crippen molar-refractivity contribution < 1.29 is 27.8 Å². The Bertz CT molecular complexity index is 1010. The Morgan fingerprint density at radius 3 is 2.46 bits per heavy atom. The summed E-state index contributed by atoms with van der Waals surface area (Å²) in [6.45, 7) is -0.709. The minimum Gasteiger partial charge on any atom is -0.479 e. The highest BCUT2D eigenvalue weighted by Crippen LogP contribution is 2.27. The first-order chi connectivity index (χ1) is 13.4. The number of halogens is 3. The molecule has 0 radical (unpaired) electrons. The van der Waals surface area contributed by atoms with Gasteiger partial charge in [-0.3, -0.25) is 0 Å². The van der Waals surface area contributed by atoms with Gasteiger partial charge < -0.3 is 15.2 Å². The Morgan fingerprint density at radius 1 is 0.964 bits per heavy atom. The van der Waals surface area contributed by atoms with E-state index in [1.54, 1.807) is 18.2 Å². The Labute approximate surface area is 159 Å². The van der Waals surface area contributed by atoms with Crippen LogP contribution in [0.2, 0.25) is 0 Å². The molecule has 0 saturated carbocycles. The molecular formula is C21H16F3NO3. The van der Waals surface area contributed by atoms with Crippen LogP contribution in [-0.2, 0) is 11.3 Å². The summed E-state index contributed by atoms with van der Waals surface area (Å²) in [5, 5.41) is 11.4. The molecule has 0 fully saturated rings. The summed E-state index contributed by atoms with van der Waals surface area (Å²) >= 11 is 0. The molecule has 0 saturated heterocycles. The van der Waals surface area contributed by atoms with E-state index in [1.807, 2.05) is 0 Å². The molecule has 0 aliphatic carbocycles. The smallest absolute Gasteiger partial charge is 0.341 e. The maximum atomic E-state index is 14.4. The normalized spacial score (nSPS) is 10.5. The van der Waals surface area contributed by atoms with Gasteiger partial charge in [-0.15, -0.1) is 0 Å². The van der Waals surface area contributed by atoms with Gasteiger partial charge in [0.15, 0.2) is 18.2 Å². The van der Waals surface area contributed by atoms with Crippen LogP contribution in [0, 0.1) is 17.5 Å². The van der Waals surface area contributed by atoms with Crippen LogP contribution in [0.25, 0.3) is 11.1 Å². The Hall–Kier alpha value is -3.48. The first-order valence-electron chi connectivity index (χ1n) is 8.35. The fraction of sp³-hybridized carbons (Fsp3) is 0.0952. The van der Waals surface area contributed by atoms with Gasteiger partial charge in [0.25, 0.3) is 0 Å². The fourth-order valence-corrected chi connectivity index (χ4v) is 2.65. The van der Waals surface area contributed by atoms with Crippen molar-refractivity contribution in [2.75, 3.05) is 11.9 Å². The standard InChI is InChI=1S/C21H16F3NO3/c22-16-4-1-3-13(10-16)14-7-8-17(23)15(9-14)11-25-18-5-2-6-19(21(18)24)28-12-20(26)27/h1-10,25H,11-12H2,(H,26,27). The quantitative estimate of drug-likeness (QED) is 0.609. The number of hydrogen-bond acceptors (Lipinski definition) is 3. The lowest BCUT2D eigenvalue weighted by atomic mass is 10.0. The summed E-state index contributed by atoms with van der Waals surface area (Å²) in [6, 6.07) is 14.5. The van der Waals surface area contributed by atoms with Crippen LogP contribution in [0.4, 0.5) is 18.9 Å². The van der Waals surface area contributed by atoms with Crippen molar-refractivity contribution in [3.8, 4) is 16.9 Å². The average molecular weight is 387 g/mol. The third-order valence-electron chi connectivity index (χ3n) is 3.99. The van der Waals surface area contributed by atoms with Gasteiger partial charge in [-0.1, -0.05) is 24.3 Å². The van der Waals surface area contributed by atoms with Crippen molar-refractivity contribution >= 4 is 11.7 Å². The second kappa shape index (κ2) is 8.47. The second-order valence-electron chi connectivity index (χ2n) is 5.97. The number of nitrogens with one attached hydrogen (secondary N) is 1. The topological polar surface area (TPSA) is 58.6 Å². The van der Waals surface area contributed by atoms with Crippen LogP contribution in [-0.4, -0.2) is 17.7 Å². The van der Waals surface area contributed by atoms with E-state index >= 15 is 0 Å². The molecule has 0 atom stereocenters. The van der Waals surface area contributed by atoms with Crippen LogP contribution in [0.5, 0.6) is 5.75 Å².